The number of amides is 2. The van der Waals surface area contributed by atoms with Crippen LogP contribution in [0.1, 0.15) is 45.2 Å². The van der Waals surface area contributed by atoms with Gasteiger partial charge in [0.25, 0.3) is 10.0 Å². The zero-order chi connectivity index (χ0) is 30.9. The minimum absolute atomic E-state index is 0.0648. The second-order valence-electron chi connectivity index (χ2n) is 10.1. The molecule has 226 valence electrons. The summed E-state index contributed by atoms with van der Waals surface area (Å²) in [6, 6.07) is 19.9. The summed E-state index contributed by atoms with van der Waals surface area (Å²) in [6.45, 7) is 9.47. The van der Waals surface area contributed by atoms with Crippen molar-refractivity contribution in [2.45, 2.75) is 69.5 Å². The van der Waals surface area contributed by atoms with Gasteiger partial charge in [-0.2, -0.15) is 0 Å². The fourth-order valence-electron chi connectivity index (χ4n) is 4.30. The molecule has 0 unspecified atom stereocenters. The molecular weight excluding hydrogens is 571 g/mol. The number of nitrogens with one attached hydrogen (secondary N) is 1. The SMILES string of the molecule is CCOc1ccc(N(CC(=O)N(Cc2ccccc2C)[C@@H](C)C(=O)N[C@H](C)CC)S(=O)(=O)c2ccc(SC)cc2)cc1. The molecule has 0 saturated heterocycles. The van der Waals surface area contributed by atoms with Crippen molar-refractivity contribution in [1.82, 2.24) is 10.2 Å². The van der Waals surface area contributed by atoms with E-state index in [4.69, 9.17) is 4.74 Å². The number of hydrogen-bond donors (Lipinski definition) is 1. The van der Waals surface area contributed by atoms with Crippen LogP contribution in [0.5, 0.6) is 5.75 Å². The molecule has 0 bridgehead atoms. The molecule has 0 spiro atoms. The van der Waals surface area contributed by atoms with Crippen LogP contribution >= 0.6 is 11.8 Å². The average Bonchev–Trinajstić information content (AvgIpc) is 2.99. The molecule has 3 rings (SSSR count). The lowest BCUT2D eigenvalue weighted by Gasteiger charge is -2.32. The average molecular weight is 612 g/mol. The van der Waals surface area contributed by atoms with E-state index in [9.17, 15) is 18.0 Å². The number of carbonyl (C=O) groups excluding carboxylic acids is 2. The van der Waals surface area contributed by atoms with E-state index in [1.807, 2.05) is 58.2 Å². The first-order chi connectivity index (χ1) is 20.0. The highest BCUT2D eigenvalue weighted by molar-refractivity contribution is 7.98. The van der Waals surface area contributed by atoms with Crippen molar-refractivity contribution < 1.29 is 22.7 Å². The standard InChI is InChI=1S/C32H41N3O5S2/c1-7-24(4)33-32(37)25(5)34(21-26-12-10-9-11-23(26)3)31(36)22-35(27-13-15-28(16-14-27)40-8-2)42(38,39)30-19-17-29(41-6)18-20-30/h9-20,24-25H,7-8,21-22H2,1-6H3,(H,33,37)/t24-,25+/m1/s1. The monoisotopic (exact) mass is 611 g/mol. The number of sulfonamides is 1. The van der Waals surface area contributed by atoms with Gasteiger partial charge in [0.05, 0.1) is 17.2 Å². The molecule has 0 aliphatic rings. The van der Waals surface area contributed by atoms with Gasteiger partial charge >= 0.3 is 0 Å². The van der Waals surface area contributed by atoms with E-state index in [0.29, 0.717) is 18.0 Å². The maximum absolute atomic E-state index is 14.1. The lowest BCUT2D eigenvalue weighted by molar-refractivity contribution is -0.139. The number of ether oxygens (including phenoxy) is 1. The van der Waals surface area contributed by atoms with Crippen molar-refractivity contribution >= 4 is 39.3 Å². The van der Waals surface area contributed by atoms with Gasteiger partial charge in [-0.15, -0.1) is 11.8 Å². The lowest BCUT2D eigenvalue weighted by atomic mass is 10.1. The molecule has 2 atom stereocenters. The Labute approximate surface area is 254 Å². The molecule has 3 aromatic rings. The number of nitrogens with zero attached hydrogens (tertiary/aromatic N) is 2. The van der Waals surface area contributed by atoms with Gasteiger partial charge in [0.15, 0.2) is 0 Å². The summed E-state index contributed by atoms with van der Waals surface area (Å²) in [7, 11) is -4.15. The van der Waals surface area contributed by atoms with Crippen LogP contribution in [-0.2, 0) is 26.2 Å². The van der Waals surface area contributed by atoms with Crippen LogP contribution in [0.15, 0.2) is 82.6 Å². The normalized spacial score (nSPS) is 12.7. The van der Waals surface area contributed by atoms with Gasteiger partial charge in [0, 0.05) is 17.5 Å². The van der Waals surface area contributed by atoms with Gasteiger partial charge in [0.1, 0.15) is 18.3 Å². The lowest BCUT2D eigenvalue weighted by Crippen LogP contribution is -2.52. The number of benzene rings is 3. The number of thioether (sulfide) groups is 1. The first-order valence-corrected chi connectivity index (χ1v) is 16.7. The molecule has 10 heteroatoms. The fraction of sp³-hybridized carbons (Fsp3) is 0.375. The summed E-state index contributed by atoms with van der Waals surface area (Å²) < 4.78 is 34.7. The maximum Gasteiger partial charge on any atom is 0.264 e. The Bertz CT molecular complexity index is 1440. The Kier molecular flexibility index (Phi) is 11.9. The summed E-state index contributed by atoms with van der Waals surface area (Å²) in [6.07, 6.45) is 2.65. The second-order valence-corrected chi connectivity index (χ2v) is 12.8. The first kappa shape index (κ1) is 33.0. The molecule has 0 saturated carbocycles. The minimum Gasteiger partial charge on any atom is -0.494 e. The van der Waals surface area contributed by atoms with Crippen LogP contribution in [0.4, 0.5) is 5.69 Å². The van der Waals surface area contributed by atoms with Gasteiger partial charge in [0.2, 0.25) is 11.8 Å². The van der Waals surface area contributed by atoms with Crippen LogP contribution < -0.4 is 14.4 Å². The summed E-state index contributed by atoms with van der Waals surface area (Å²) in [5.41, 5.74) is 2.15. The van der Waals surface area contributed by atoms with E-state index in [2.05, 4.69) is 5.32 Å². The summed E-state index contributed by atoms with van der Waals surface area (Å²) in [5, 5.41) is 2.95. The molecule has 0 aromatic heterocycles. The highest BCUT2D eigenvalue weighted by Gasteiger charge is 2.33. The van der Waals surface area contributed by atoms with Gasteiger partial charge in [-0.1, -0.05) is 31.2 Å². The highest BCUT2D eigenvalue weighted by atomic mass is 32.2. The van der Waals surface area contributed by atoms with Gasteiger partial charge in [-0.3, -0.25) is 13.9 Å². The van der Waals surface area contributed by atoms with E-state index in [-0.39, 0.29) is 23.4 Å². The smallest absolute Gasteiger partial charge is 0.264 e. The topological polar surface area (TPSA) is 96.0 Å². The summed E-state index contributed by atoms with van der Waals surface area (Å²) in [5.74, 6) is -0.205. The molecule has 1 N–H and O–H groups in total. The summed E-state index contributed by atoms with van der Waals surface area (Å²) >= 11 is 1.51. The third-order valence-electron chi connectivity index (χ3n) is 7.13. The van der Waals surface area contributed by atoms with Crippen LogP contribution in [0.3, 0.4) is 0 Å². The van der Waals surface area contributed by atoms with Crippen LogP contribution in [0, 0.1) is 6.92 Å². The molecule has 3 aromatic carbocycles. The van der Waals surface area contributed by atoms with Crippen molar-refractivity contribution in [1.29, 1.82) is 0 Å². The van der Waals surface area contributed by atoms with Crippen molar-refractivity contribution in [3.8, 4) is 5.75 Å². The summed E-state index contributed by atoms with van der Waals surface area (Å²) in [4.78, 5) is 29.8. The molecular formula is C32H41N3O5S2. The van der Waals surface area contributed by atoms with Gasteiger partial charge in [-0.25, -0.2) is 8.42 Å². The minimum atomic E-state index is -4.15. The number of rotatable bonds is 14. The fourth-order valence-corrected chi connectivity index (χ4v) is 6.12. The molecule has 42 heavy (non-hydrogen) atoms. The van der Waals surface area contributed by atoms with Crippen molar-refractivity contribution in [2.24, 2.45) is 0 Å². The highest BCUT2D eigenvalue weighted by Crippen LogP contribution is 2.28. The zero-order valence-electron chi connectivity index (χ0n) is 25.2. The molecule has 0 aliphatic carbocycles. The number of hydrogen-bond acceptors (Lipinski definition) is 6. The van der Waals surface area contributed by atoms with Gasteiger partial charge in [-0.05, 0) is 100 Å². The van der Waals surface area contributed by atoms with E-state index in [0.717, 1.165) is 26.7 Å². The number of aryl methyl sites for hydroxylation is 1. The van der Waals surface area contributed by atoms with Crippen LogP contribution in [0.2, 0.25) is 0 Å². The van der Waals surface area contributed by atoms with Crippen molar-refractivity contribution in [2.75, 3.05) is 23.7 Å². The quantitative estimate of drug-likeness (QED) is 0.237. The molecule has 0 heterocycles. The molecule has 0 aliphatic heterocycles. The Hall–Kier alpha value is -3.50. The predicted molar refractivity (Wildman–Crippen MR) is 169 cm³/mol. The van der Waals surface area contributed by atoms with Crippen LogP contribution in [0.25, 0.3) is 0 Å². The molecule has 0 fully saturated rings. The van der Waals surface area contributed by atoms with E-state index >= 15 is 0 Å². The third kappa shape index (κ3) is 8.29. The van der Waals surface area contributed by atoms with Crippen molar-refractivity contribution in [3.05, 3.63) is 83.9 Å². The third-order valence-corrected chi connectivity index (χ3v) is 9.66. The van der Waals surface area contributed by atoms with E-state index in [1.54, 1.807) is 55.5 Å². The Balaban J connectivity index is 2.04. The maximum atomic E-state index is 14.1. The Morgan fingerprint density at radius 2 is 1.60 bits per heavy atom. The molecule has 8 nitrogen and oxygen atoms in total. The Morgan fingerprint density at radius 1 is 0.952 bits per heavy atom. The Morgan fingerprint density at radius 3 is 2.17 bits per heavy atom. The van der Waals surface area contributed by atoms with Gasteiger partial charge < -0.3 is 15.0 Å². The van der Waals surface area contributed by atoms with E-state index in [1.165, 1.54) is 16.7 Å². The molecule has 2 amide bonds. The second kappa shape index (κ2) is 15.1. The molecule has 0 radical (unpaired) electrons. The number of carbonyl (C=O) groups is 2. The van der Waals surface area contributed by atoms with E-state index < -0.39 is 28.5 Å². The van der Waals surface area contributed by atoms with Crippen molar-refractivity contribution in [3.63, 3.8) is 0 Å². The predicted octanol–water partition coefficient (Wildman–Crippen LogP) is 5.64. The number of anilines is 1. The largest absolute Gasteiger partial charge is 0.494 e. The first-order valence-electron chi connectivity index (χ1n) is 14.1. The zero-order valence-corrected chi connectivity index (χ0v) is 26.8. The van der Waals surface area contributed by atoms with Crippen LogP contribution in [-0.4, -0.2) is 56.6 Å².